The summed E-state index contributed by atoms with van der Waals surface area (Å²) in [5.74, 6) is 0.689. The van der Waals surface area contributed by atoms with Gasteiger partial charge in [-0.15, -0.1) is 11.8 Å². The Morgan fingerprint density at radius 3 is 2.30 bits per heavy atom. The first-order chi connectivity index (χ1) is 13.2. The molecule has 134 valence electrons. The predicted molar refractivity (Wildman–Crippen MR) is 110 cm³/mol. The lowest BCUT2D eigenvalue weighted by Crippen LogP contribution is -2.35. The molecule has 0 unspecified atom stereocenters. The maximum absolute atomic E-state index is 12.9. The van der Waals surface area contributed by atoms with Crippen LogP contribution >= 0.6 is 11.8 Å². The van der Waals surface area contributed by atoms with Crippen LogP contribution < -0.4 is 10.2 Å². The van der Waals surface area contributed by atoms with E-state index in [1.165, 1.54) is 0 Å². The molecular formula is C22H18N2O2S. The fourth-order valence-electron chi connectivity index (χ4n) is 3.03. The SMILES string of the molecule is O=C(Nc1ccc(C(=O)N2CCSc3ccccc32)cc1)c1ccccc1. The Labute approximate surface area is 162 Å². The minimum Gasteiger partial charge on any atom is -0.322 e. The van der Waals surface area contributed by atoms with E-state index in [4.69, 9.17) is 0 Å². The number of rotatable bonds is 3. The van der Waals surface area contributed by atoms with Gasteiger partial charge in [0.05, 0.1) is 5.69 Å². The maximum atomic E-state index is 12.9. The van der Waals surface area contributed by atoms with Gasteiger partial charge in [0.25, 0.3) is 11.8 Å². The molecule has 4 rings (SSSR count). The van der Waals surface area contributed by atoms with Crippen molar-refractivity contribution in [2.24, 2.45) is 0 Å². The largest absolute Gasteiger partial charge is 0.322 e. The average Bonchev–Trinajstić information content (AvgIpc) is 2.74. The molecular weight excluding hydrogens is 356 g/mol. The minimum atomic E-state index is -0.170. The molecule has 0 radical (unpaired) electrons. The third kappa shape index (κ3) is 3.73. The third-order valence-corrected chi connectivity index (χ3v) is 5.44. The van der Waals surface area contributed by atoms with Gasteiger partial charge in [-0.05, 0) is 48.5 Å². The molecule has 0 atom stereocenters. The van der Waals surface area contributed by atoms with Crippen LogP contribution in [0.3, 0.4) is 0 Å². The molecule has 2 amide bonds. The number of nitrogens with one attached hydrogen (secondary N) is 1. The van der Waals surface area contributed by atoms with Crippen molar-refractivity contribution in [3.05, 3.63) is 90.0 Å². The first kappa shape index (κ1) is 17.4. The zero-order valence-corrected chi connectivity index (χ0v) is 15.4. The summed E-state index contributed by atoms with van der Waals surface area (Å²) in [4.78, 5) is 28.1. The van der Waals surface area contributed by atoms with E-state index in [0.29, 0.717) is 23.4 Å². The van der Waals surface area contributed by atoms with Gasteiger partial charge in [0.1, 0.15) is 0 Å². The molecule has 3 aromatic rings. The maximum Gasteiger partial charge on any atom is 0.258 e. The molecule has 0 fully saturated rings. The van der Waals surface area contributed by atoms with Crippen LogP contribution in [0.15, 0.2) is 83.8 Å². The van der Waals surface area contributed by atoms with Crippen LogP contribution in [0.5, 0.6) is 0 Å². The van der Waals surface area contributed by atoms with Crippen molar-refractivity contribution in [3.63, 3.8) is 0 Å². The molecule has 0 saturated carbocycles. The molecule has 0 aliphatic carbocycles. The summed E-state index contributed by atoms with van der Waals surface area (Å²) in [6, 6.07) is 24.0. The van der Waals surface area contributed by atoms with E-state index in [-0.39, 0.29) is 11.8 Å². The molecule has 3 aromatic carbocycles. The van der Waals surface area contributed by atoms with E-state index in [1.807, 2.05) is 47.4 Å². The van der Waals surface area contributed by atoms with Crippen LogP contribution in [-0.2, 0) is 0 Å². The third-order valence-electron chi connectivity index (χ3n) is 4.40. The Kier molecular flexibility index (Phi) is 4.94. The second-order valence-corrected chi connectivity index (χ2v) is 7.31. The second kappa shape index (κ2) is 7.68. The van der Waals surface area contributed by atoms with Crippen molar-refractivity contribution >= 4 is 35.0 Å². The Hall–Kier alpha value is -3.05. The highest BCUT2D eigenvalue weighted by Gasteiger charge is 2.23. The monoisotopic (exact) mass is 374 g/mol. The molecule has 0 bridgehead atoms. The smallest absolute Gasteiger partial charge is 0.258 e. The number of benzene rings is 3. The van der Waals surface area contributed by atoms with Gasteiger partial charge in [-0.1, -0.05) is 30.3 Å². The lowest BCUT2D eigenvalue weighted by molar-refractivity contribution is 0.0986. The normalized spacial score (nSPS) is 13.0. The van der Waals surface area contributed by atoms with Crippen LogP contribution in [0.2, 0.25) is 0 Å². The van der Waals surface area contributed by atoms with Crippen molar-refractivity contribution in [2.45, 2.75) is 4.90 Å². The number of nitrogens with zero attached hydrogens (tertiary/aromatic N) is 1. The fraction of sp³-hybridized carbons (Fsp3) is 0.0909. The van der Waals surface area contributed by atoms with Crippen LogP contribution in [-0.4, -0.2) is 24.1 Å². The van der Waals surface area contributed by atoms with E-state index in [0.717, 1.165) is 16.3 Å². The van der Waals surface area contributed by atoms with Gasteiger partial charge in [-0.3, -0.25) is 9.59 Å². The number of fused-ring (bicyclic) bond motifs is 1. The molecule has 0 aromatic heterocycles. The van der Waals surface area contributed by atoms with E-state index in [1.54, 1.807) is 48.2 Å². The quantitative estimate of drug-likeness (QED) is 0.723. The summed E-state index contributed by atoms with van der Waals surface area (Å²) < 4.78 is 0. The number of hydrogen-bond donors (Lipinski definition) is 1. The van der Waals surface area contributed by atoms with E-state index in [9.17, 15) is 9.59 Å². The van der Waals surface area contributed by atoms with Crippen molar-refractivity contribution < 1.29 is 9.59 Å². The Morgan fingerprint density at radius 1 is 0.815 bits per heavy atom. The van der Waals surface area contributed by atoms with E-state index >= 15 is 0 Å². The first-order valence-electron chi connectivity index (χ1n) is 8.72. The summed E-state index contributed by atoms with van der Waals surface area (Å²) in [7, 11) is 0. The predicted octanol–water partition coefficient (Wildman–Crippen LogP) is 4.69. The van der Waals surface area contributed by atoms with Crippen LogP contribution in [0.1, 0.15) is 20.7 Å². The van der Waals surface area contributed by atoms with Gasteiger partial charge in [-0.25, -0.2) is 0 Å². The number of anilines is 2. The van der Waals surface area contributed by atoms with Crippen LogP contribution in [0, 0.1) is 0 Å². The molecule has 1 N–H and O–H groups in total. The topological polar surface area (TPSA) is 49.4 Å². The van der Waals surface area contributed by atoms with E-state index < -0.39 is 0 Å². The van der Waals surface area contributed by atoms with Crippen molar-refractivity contribution in [3.8, 4) is 0 Å². The highest BCUT2D eigenvalue weighted by molar-refractivity contribution is 7.99. The molecule has 1 heterocycles. The van der Waals surface area contributed by atoms with Gasteiger partial charge in [-0.2, -0.15) is 0 Å². The van der Waals surface area contributed by atoms with Gasteiger partial charge in [0, 0.05) is 34.0 Å². The molecule has 1 aliphatic rings. The van der Waals surface area contributed by atoms with Crippen molar-refractivity contribution in [1.29, 1.82) is 0 Å². The summed E-state index contributed by atoms with van der Waals surface area (Å²) >= 11 is 1.77. The number of carbonyl (C=O) groups is 2. The Morgan fingerprint density at radius 2 is 1.52 bits per heavy atom. The first-order valence-corrected chi connectivity index (χ1v) is 9.71. The second-order valence-electron chi connectivity index (χ2n) is 6.17. The van der Waals surface area contributed by atoms with Gasteiger partial charge < -0.3 is 10.2 Å². The molecule has 27 heavy (non-hydrogen) atoms. The number of hydrogen-bond acceptors (Lipinski definition) is 3. The van der Waals surface area contributed by atoms with Crippen molar-refractivity contribution in [1.82, 2.24) is 0 Å². The van der Waals surface area contributed by atoms with Gasteiger partial charge in [0.2, 0.25) is 0 Å². The zero-order valence-electron chi connectivity index (χ0n) is 14.6. The fourth-order valence-corrected chi connectivity index (χ4v) is 4.02. The molecule has 4 nitrogen and oxygen atoms in total. The summed E-state index contributed by atoms with van der Waals surface area (Å²) in [5.41, 5.74) is 2.82. The van der Waals surface area contributed by atoms with E-state index in [2.05, 4.69) is 5.32 Å². The van der Waals surface area contributed by atoms with Crippen LogP contribution in [0.4, 0.5) is 11.4 Å². The average molecular weight is 374 g/mol. The van der Waals surface area contributed by atoms with Gasteiger partial charge in [0.15, 0.2) is 0 Å². The zero-order chi connectivity index (χ0) is 18.6. The highest BCUT2D eigenvalue weighted by atomic mass is 32.2. The lowest BCUT2D eigenvalue weighted by Gasteiger charge is -2.29. The minimum absolute atomic E-state index is 0.0244. The summed E-state index contributed by atoms with van der Waals surface area (Å²) in [6.07, 6.45) is 0. The van der Waals surface area contributed by atoms with Crippen LogP contribution in [0.25, 0.3) is 0 Å². The lowest BCUT2D eigenvalue weighted by atomic mass is 10.1. The molecule has 0 spiro atoms. The number of amides is 2. The standard InChI is InChI=1S/C22H18N2O2S/c25-21(16-6-2-1-3-7-16)23-18-12-10-17(11-13-18)22(26)24-14-15-27-20-9-5-4-8-19(20)24/h1-13H,14-15H2,(H,23,25). The highest BCUT2D eigenvalue weighted by Crippen LogP contribution is 2.35. The number of para-hydroxylation sites is 1. The summed E-state index contributed by atoms with van der Waals surface area (Å²) in [6.45, 7) is 0.688. The Bertz CT molecular complexity index is 971. The Balaban J connectivity index is 1.50. The van der Waals surface area contributed by atoms with Gasteiger partial charge >= 0.3 is 0 Å². The number of carbonyl (C=O) groups excluding carboxylic acids is 2. The molecule has 0 saturated heterocycles. The van der Waals surface area contributed by atoms with Crippen molar-refractivity contribution in [2.75, 3.05) is 22.5 Å². The molecule has 5 heteroatoms. The molecule has 1 aliphatic heterocycles. The summed E-state index contributed by atoms with van der Waals surface area (Å²) in [5, 5.41) is 2.85. The number of thioether (sulfide) groups is 1.